The van der Waals surface area contributed by atoms with Gasteiger partial charge >= 0.3 is 5.97 Å². The third kappa shape index (κ3) is 5.47. The van der Waals surface area contributed by atoms with E-state index in [1.165, 1.54) is 11.8 Å². The van der Waals surface area contributed by atoms with Crippen LogP contribution in [0.2, 0.25) is 0 Å². The van der Waals surface area contributed by atoms with E-state index in [1.807, 2.05) is 32.9 Å². The second-order valence-electron chi connectivity index (χ2n) is 7.33. The molecule has 0 unspecified atom stereocenters. The summed E-state index contributed by atoms with van der Waals surface area (Å²) in [7, 11) is -3.11. The second-order valence-corrected chi connectivity index (χ2v) is 9.56. The average Bonchev–Trinajstić information content (AvgIpc) is 2.94. The number of esters is 1. The Morgan fingerprint density at radius 2 is 1.82 bits per heavy atom. The SMILES string of the molecule is CCN(C(=O)[C@@H](C)OC(=O)COc1c(C)cc(C)cc1C)[C@@H]1CCS(=O)(=O)C1. The highest BCUT2D eigenvalue weighted by Crippen LogP contribution is 2.24. The molecule has 28 heavy (non-hydrogen) atoms. The van der Waals surface area contributed by atoms with Gasteiger partial charge in [-0.2, -0.15) is 0 Å². The van der Waals surface area contributed by atoms with Crippen molar-refractivity contribution < 1.29 is 27.5 Å². The molecule has 8 heteroatoms. The van der Waals surface area contributed by atoms with Crippen LogP contribution in [0.1, 0.15) is 37.0 Å². The van der Waals surface area contributed by atoms with Crippen LogP contribution in [0.3, 0.4) is 0 Å². The molecule has 0 aliphatic carbocycles. The molecule has 1 amide bonds. The van der Waals surface area contributed by atoms with Crippen LogP contribution >= 0.6 is 0 Å². The van der Waals surface area contributed by atoms with Crippen LogP contribution in [0, 0.1) is 20.8 Å². The minimum atomic E-state index is -3.11. The molecule has 0 bridgehead atoms. The number of hydrogen-bond donors (Lipinski definition) is 0. The normalized spacial score (nSPS) is 19.1. The monoisotopic (exact) mass is 411 g/mol. The molecule has 1 aromatic carbocycles. The summed E-state index contributed by atoms with van der Waals surface area (Å²) in [5, 5.41) is 0. The first-order valence-electron chi connectivity index (χ1n) is 9.45. The summed E-state index contributed by atoms with van der Waals surface area (Å²) in [6, 6.07) is 3.57. The van der Waals surface area contributed by atoms with Gasteiger partial charge in [-0.1, -0.05) is 17.7 Å². The molecule has 156 valence electrons. The molecule has 1 aromatic rings. The van der Waals surface area contributed by atoms with Crippen LogP contribution in [-0.2, 0) is 24.2 Å². The fourth-order valence-corrected chi connectivity index (χ4v) is 5.39. The van der Waals surface area contributed by atoms with Crippen molar-refractivity contribution in [2.75, 3.05) is 24.7 Å². The van der Waals surface area contributed by atoms with Crippen molar-refractivity contribution >= 4 is 21.7 Å². The van der Waals surface area contributed by atoms with E-state index in [-0.39, 0.29) is 30.1 Å². The second kappa shape index (κ2) is 8.94. The van der Waals surface area contributed by atoms with Crippen molar-refractivity contribution in [3.8, 4) is 5.75 Å². The Morgan fingerprint density at radius 1 is 1.21 bits per heavy atom. The van der Waals surface area contributed by atoms with E-state index in [9.17, 15) is 18.0 Å². The molecule has 1 aliphatic heterocycles. The Kier molecular flexibility index (Phi) is 7.09. The largest absolute Gasteiger partial charge is 0.481 e. The van der Waals surface area contributed by atoms with E-state index in [1.54, 1.807) is 6.92 Å². The molecular formula is C20H29NO6S. The summed E-state index contributed by atoms with van der Waals surface area (Å²) in [6.45, 7) is 9.13. The zero-order valence-corrected chi connectivity index (χ0v) is 18.0. The maximum absolute atomic E-state index is 12.6. The Balaban J connectivity index is 1.93. The van der Waals surface area contributed by atoms with Crippen LogP contribution in [0.5, 0.6) is 5.75 Å². The number of hydrogen-bond acceptors (Lipinski definition) is 6. The van der Waals surface area contributed by atoms with Crippen molar-refractivity contribution in [1.29, 1.82) is 0 Å². The highest BCUT2D eigenvalue weighted by Gasteiger charge is 2.36. The van der Waals surface area contributed by atoms with Gasteiger partial charge in [0.1, 0.15) is 5.75 Å². The first-order valence-corrected chi connectivity index (χ1v) is 11.3. The number of carbonyl (C=O) groups excluding carboxylic acids is 2. The van der Waals surface area contributed by atoms with Gasteiger partial charge in [0.2, 0.25) is 0 Å². The van der Waals surface area contributed by atoms with E-state index in [4.69, 9.17) is 9.47 Å². The number of rotatable bonds is 7. The highest BCUT2D eigenvalue weighted by atomic mass is 32.2. The zero-order valence-electron chi connectivity index (χ0n) is 17.1. The minimum Gasteiger partial charge on any atom is -0.481 e. The van der Waals surface area contributed by atoms with Gasteiger partial charge < -0.3 is 14.4 Å². The lowest BCUT2D eigenvalue weighted by Gasteiger charge is -2.29. The molecular weight excluding hydrogens is 382 g/mol. The standard InChI is InChI=1S/C20H29NO6S/c1-6-21(17-7-8-28(24,25)12-17)20(23)16(5)27-18(22)11-26-19-14(3)9-13(2)10-15(19)4/h9-10,16-17H,6-8,11-12H2,1-5H3/t16-,17-/m1/s1. The van der Waals surface area contributed by atoms with Crippen LogP contribution in [0.4, 0.5) is 0 Å². The molecule has 7 nitrogen and oxygen atoms in total. The molecule has 2 rings (SSSR count). The van der Waals surface area contributed by atoms with Gasteiger partial charge in [0.15, 0.2) is 22.5 Å². The molecule has 0 radical (unpaired) electrons. The van der Waals surface area contributed by atoms with E-state index >= 15 is 0 Å². The maximum atomic E-state index is 12.6. The molecule has 1 heterocycles. The first kappa shape index (κ1) is 22.2. The Hall–Kier alpha value is -2.09. The molecule has 1 aliphatic rings. The number of sulfone groups is 1. The van der Waals surface area contributed by atoms with E-state index in [0.717, 1.165) is 16.7 Å². The number of benzene rings is 1. The molecule has 0 N–H and O–H groups in total. The van der Waals surface area contributed by atoms with E-state index < -0.39 is 21.9 Å². The molecule has 1 fully saturated rings. The summed E-state index contributed by atoms with van der Waals surface area (Å²) < 4.78 is 34.2. The fraction of sp³-hybridized carbons (Fsp3) is 0.600. The van der Waals surface area contributed by atoms with Crippen molar-refractivity contribution in [2.24, 2.45) is 0 Å². The molecule has 2 atom stereocenters. The molecule has 0 spiro atoms. The van der Waals surface area contributed by atoms with Gasteiger partial charge in [-0.25, -0.2) is 13.2 Å². The lowest BCUT2D eigenvalue weighted by Crippen LogP contribution is -2.46. The average molecular weight is 412 g/mol. The van der Waals surface area contributed by atoms with Crippen molar-refractivity contribution in [2.45, 2.75) is 53.2 Å². The number of amides is 1. The third-order valence-electron chi connectivity index (χ3n) is 4.87. The Bertz CT molecular complexity index is 825. The number of likely N-dealkylation sites (N-methyl/N-ethyl adjacent to an activating group) is 1. The van der Waals surface area contributed by atoms with Gasteiger partial charge in [-0.3, -0.25) is 4.79 Å². The number of nitrogens with zero attached hydrogens (tertiary/aromatic N) is 1. The number of carbonyl (C=O) groups is 2. The van der Waals surface area contributed by atoms with Crippen LogP contribution in [0.15, 0.2) is 12.1 Å². The predicted octanol–water partition coefficient (Wildman–Crippen LogP) is 1.96. The van der Waals surface area contributed by atoms with Crippen LogP contribution in [-0.4, -0.2) is 62.0 Å². The van der Waals surface area contributed by atoms with Gasteiger partial charge in [0.25, 0.3) is 5.91 Å². The maximum Gasteiger partial charge on any atom is 0.344 e. The van der Waals surface area contributed by atoms with Crippen LogP contribution in [0.25, 0.3) is 0 Å². The lowest BCUT2D eigenvalue weighted by molar-refractivity contribution is -0.161. The zero-order chi connectivity index (χ0) is 21.1. The smallest absolute Gasteiger partial charge is 0.344 e. The Morgan fingerprint density at radius 3 is 2.32 bits per heavy atom. The quantitative estimate of drug-likeness (QED) is 0.637. The van der Waals surface area contributed by atoms with Gasteiger partial charge in [-0.05, 0) is 52.2 Å². The molecule has 1 saturated heterocycles. The van der Waals surface area contributed by atoms with Crippen LogP contribution < -0.4 is 4.74 Å². The van der Waals surface area contributed by atoms with Gasteiger partial charge in [0, 0.05) is 12.6 Å². The van der Waals surface area contributed by atoms with E-state index in [0.29, 0.717) is 18.7 Å². The summed E-state index contributed by atoms with van der Waals surface area (Å²) >= 11 is 0. The molecule has 0 saturated carbocycles. The first-order chi connectivity index (χ1) is 13.0. The topological polar surface area (TPSA) is 90.0 Å². The highest BCUT2D eigenvalue weighted by molar-refractivity contribution is 7.91. The Labute approximate surface area is 166 Å². The summed E-state index contributed by atoms with van der Waals surface area (Å²) in [5.74, 6) is -0.357. The number of ether oxygens (including phenoxy) is 2. The third-order valence-corrected chi connectivity index (χ3v) is 6.62. The fourth-order valence-electron chi connectivity index (χ4n) is 3.66. The number of aryl methyl sites for hydroxylation is 3. The van der Waals surface area contributed by atoms with E-state index in [2.05, 4.69) is 0 Å². The summed E-state index contributed by atoms with van der Waals surface area (Å²) in [6.07, 6.45) is -0.586. The minimum absolute atomic E-state index is 0.0394. The lowest BCUT2D eigenvalue weighted by atomic mass is 10.1. The predicted molar refractivity (Wildman–Crippen MR) is 106 cm³/mol. The van der Waals surface area contributed by atoms with Gasteiger partial charge in [0.05, 0.1) is 11.5 Å². The molecule has 0 aromatic heterocycles. The summed E-state index contributed by atoms with van der Waals surface area (Å²) in [4.78, 5) is 26.3. The van der Waals surface area contributed by atoms with Crippen molar-refractivity contribution in [3.05, 3.63) is 28.8 Å². The summed E-state index contributed by atoms with van der Waals surface area (Å²) in [5.41, 5.74) is 2.96. The van der Waals surface area contributed by atoms with Gasteiger partial charge in [-0.15, -0.1) is 0 Å². The van der Waals surface area contributed by atoms with Crippen molar-refractivity contribution in [1.82, 2.24) is 4.90 Å². The van der Waals surface area contributed by atoms with Crippen molar-refractivity contribution in [3.63, 3.8) is 0 Å².